The fourth-order valence-electron chi connectivity index (χ4n) is 2.92. The third kappa shape index (κ3) is 2.95. The van der Waals surface area contributed by atoms with E-state index in [-0.39, 0.29) is 10.5 Å². The van der Waals surface area contributed by atoms with Gasteiger partial charge < -0.3 is 4.74 Å². The second-order valence-corrected chi connectivity index (χ2v) is 7.76. The van der Waals surface area contributed by atoms with Crippen LogP contribution >= 0.6 is 0 Å². The lowest BCUT2D eigenvalue weighted by atomic mass is 10.0. The van der Waals surface area contributed by atoms with Crippen LogP contribution in [-0.2, 0) is 27.7 Å². The van der Waals surface area contributed by atoms with E-state index in [0.717, 1.165) is 5.56 Å². The molecule has 0 radical (unpaired) electrons. The molecule has 6 heteroatoms. The maximum atomic E-state index is 12.9. The zero-order valence-electron chi connectivity index (χ0n) is 13.7. The molecule has 0 saturated carbocycles. The minimum absolute atomic E-state index is 0.118. The summed E-state index contributed by atoms with van der Waals surface area (Å²) in [6.07, 6.45) is 0.686. The highest BCUT2D eigenvalue weighted by molar-refractivity contribution is 7.89. The van der Waals surface area contributed by atoms with Crippen molar-refractivity contribution in [2.24, 2.45) is 0 Å². The van der Waals surface area contributed by atoms with Crippen LogP contribution in [0.1, 0.15) is 27.0 Å². The Kier molecular flexibility index (Phi) is 4.43. The van der Waals surface area contributed by atoms with Gasteiger partial charge in [-0.3, -0.25) is 0 Å². The SMILES string of the molecule is COC(=O)c1cc(S(=O)(=O)N2CCc3ccccc3C2)ccc1C. The summed E-state index contributed by atoms with van der Waals surface area (Å²) < 4.78 is 32.1. The van der Waals surface area contributed by atoms with Crippen LogP contribution in [-0.4, -0.2) is 32.3 Å². The van der Waals surface area contributed by atoms with Crippen LogP contribution < -0.4 is 0 Å². The van der Waals surface area contributed by atoms with Crippen LogP contribution in [0.3, 0.4) is 0 Å². The van der Waals surface area contributed by atoms with Crippen LogP contribution in [0.15, 0.2) is 47.4 Å². The number of methoxy groups -OCH3 is 1. The molecule has 0 aromatic heterocycles. The summed E-state index contributed by atoms with van der Waals surface area (Å²) in [4.78, 5) is 11.9. The van der Waals surface area contributed by atoms with Gasteiger partial charge in [-0.05, 0) is 42.2 Å². The molecule has 0 amide bonds. The molecule has 2 aromatic rings. The van der Waals surface area contributed by atoms with Crippen molar-refractivity contribution in [3.8, 4) is 0 Å². The van der Waals surface area contributed by atoms with Crippen LogP contribution in [0.5, 0.6) is 0 Å². The standard InChI is InChI=1S/C18H19NO4S/c1-13-7-8-16(11-17(13)18(20)23-2)24(21,22)19-10-9-14-5-3-4-6-15(14)12-19/h3-8,11H,9-10,12H2,1-2H3. The highest BCUT2D eigenvalue weighted by atomic mass is 32.2. The molecular formula is C18H19NO4S. The van der Waals surface area contributed by atoms with Crippen molar-refractivity contribution in [1.29, 1.82) is 0 Å². The fourth-order valence-corrected chi connectivity index (χ4v) is 4.36. The molecule has 0 unspecified atom stereocenters. The van der Waals surface area contributed by atoms with E-state index >= 15 is 0 Å². The van der Waals surface area contributed by atoms with Crippen LogP contribution in [0, 0.1) is 6.92 Å². The summed E-state index contributed by atoms with van der Waals surface area (Å²) in [6, 6.07) is 12.4. The van der Waals surface area contributed by atoms with E-state index in [4.69, 9.17) is 4.74 Å². The Balaban J connectivity index is 1.96. The molecule has 5 nitrogen and oxygen atoms in total. The molecule has 0 fully saturated rings. The van der Waals surface area contributed by atoms with Gasteiger partial charge in [-0.1, -0.05) is 30.3 Å². The normalized spacial score (nSPS) is 14.9. The molecule has 0 saturated heterocycles. The van der Waals surface area contributed by atoms with Gasteiger partial charge in [0, 0.05) is 13.1 Å². The molecule has 1 aliphatic heterocycles. The number of esters is 1. The third-order valence-corrected chi connectivity index (χ3v) is 6.19. The first kappa shape index (κ1) is 16.7. The quantitative estimate of drug-likeness (QED) is 0.802. The van der Waals surface area contributed by atoms with Gasteiger partial charge in [0.2, 0.25) is 10.0 Å². The van der Waals surface area contributed by atoms with Gasteiger partial charge in [-0.15, -0.1) is 0 Å². The van der Waals surface area contributed by atoms with E-state index in [9.17, 15) is 13.2 Å². The Labute approximate surface area is 141 Å². The summed E-state index contributed by atoms with van der Waals surface area (Å²) in [5, 5.41) is 0. The predicted octanol–water partition coefficient (Wildman–Crippen LogP) is 2.53. The highest BCUT2D eigenvalue weighted by Crippen LogP contribution is 2.26. The van der Waals surface area contributed by atoms with Crippen molar-refractivity contribution in [3.05, 3.63) is 64.7 Å². The second-order valence-electron chi connectivity index (χ2n) is 5.83. The lowest BCUT2D eigenvalue weighted by Gasteiger charge is -2.28. The van der Waals surface area contributed by atoms with E-state index in [1.54, 1.807) is 13.0 Å². The van der Waals surface area contributed by atoms with Crippen molar-refractivity contribution in [2.45, 2.75) is 24.8 Å². The molecule has 126 valence electrons. The second kappa shape index (κ2) is 6.37. The van der Waals surface area contributed by atoms with Crippen molar-refractivity contribution in [1.82, 2.24) is 4.31 Å². The largest absolute Gasteiger partial charge is 0.465 e. The van der Waals surface area contributed by atoms with E-state index < -0.39 is 16.0 Å². The fraction of sp³-hybridized carbons (Fsp3) is 0.278. The minimum Gasteiger partial charge on any atom is -0.465 e. The Morgan fingerprint density at radius 1 is 1.12 bits per heavy atom. The maximum Gasteiger partial charge on any atom is 0.338 e. The third-order valence-electron chi connectivity index (χ3n) is 4.35. The Hall–Kier alpha value is -2.18. The Morgan fingerprint density at radius 3 is 2.54 bits per heavy atom. The predicted molar refractivity (Wildman–Crippen MR) is 90.3 cm³/mol. The first-order chi connectivity index (χ1) is 11.4. The highest BCUT2D eigenvalue weighted by Gasteiger charge is 2.29. The van der Waals surface area contributed by atoms with Gasteiger partial charge in [0.1, 0.15) is 0 Å². The summed E-state index contributed by atoms with van der Waals surface area (Å²) in [5.41, 5.74) is 3.16. The average molecular weight is 345 g/mol. The topological polar surface area (TPSA) is 63.7 Å². The zero-order valence-corrected chi connectivity index (χ0v) is 14.5. The molecule has 0 N–H and O–H groups in total. The number of ether oxygens (including phenoxy) is 1. The van der Waals surface area contributed by atoms with E-state index in [1.807, 2.05) is 24.3 Å². The van der Waals surface area contributed by atoms with Crippen molar-refractivity contribution in [3.63, 3.8) is 0 Å². The molecular weight excluding hydrogens is 326 g/mol. The molecule has 0 atom stereocenters. The molecule has 1 aliphatic rings. The Morgan fingerprint density at radius 2 is 1.83 bits per heavy atom. The molecule has 2 aromatic carbocycles. The van der Waals surface area contributed by atoms with E-state index in [1.165, 1.54) is 29.1 Å². The molecule has 1 heterocycles. The summed E-state index contributed by atoms with van der Waals surface area (Å²) in [5.74, 6) is -0.534. The van der Waals surface area contributed by atoms with Crippen LogP contribution in [0.2, 0.25) is 0 Å². The number of fused-ring (bicyclic) bond motifs is 1. The van der Waals surface area contributed by atoms with Gasteiger partial charge in [0.25, 0.3) is 0 Å². The van der Waals surface area contributed by atoms with Crippen molar-refractivity contribution in [2.75, 3.05) is 13.7 Å². The molecule has 3 rings (SSSR count). The first-order valence-electron chi connectivity index (χ1n) is 7.69. The maximum absolute atomic E-state index is 12.9. The number of rotatable bonds is 3. The monoisotopic (exact) mass is 345 g/mol. The van der Waals surface area contributed by atoms with E-state index in [0.29, 0.717) is 25.1 Å². The molecule has 0 bridgehead atoms. The summed E-state index contributed by atoms with van der Waals surface area (Å²) in [6.45, 7) is 2.53. The number of carbonyl (C=O) groups excluding carboxylic acids is 1. The number of aryl methyl sites for hydroxylation is 1. The number of hydrogen-bond acceptors (Lipinski definition) is 4. The number of benzene rings is 2. The van der Waals surface area contributed by atoms with Gasteiger partial charge in [-0.2, -0.15) is 4.31 Å². The van der Waals surface area contributed by atoms with Gasteiger partial charge in [-0.25, -0.2) is 13.2 Å². The zero-order chi connectivity index (χ0) is 17.3. The minimum atomic E-state index is -3.66. The Bertz CT molecular complexity index is 890. The first-order valence-corrected chi connectivity index (χ1v) is 9.13. The van der Waals surface area contributed by atoms with Gasteiger partial charge in [0.05, 0.1) is 17.6 Å². The van der Waals surface area contributed by atoms with Crippen LogP contribution in [0.25, 0.3) is 0 Å². The number of sulfonamides is 1. The van der Waals surface area contributed by atoms with Crippen molar-refractivity contribution >= 4 is 16.0 Å². The number of hydrogen-bond donors (Lipinski definition) is 0. The van der Waals surface area contributed by atoms with Gasteiger partial charge in [0.15, 0.2) is 0 Å². The van der Waals surface area contributed by atoms with E-state index in [2.05, 4.69) is 0 Å². The smallest absolute Gasteiger partial charge is 0.338 e. The number of carbonyl (C=O) groups is 1. The summed E-state index contributed by atoms with van der Waals surface area (Å²) >= 11 is 0. The molecule has 0 aliphatic carbocycles. The van der Waals surface area contributed by atoms with Gasteiger partial charge >= 0.3 is 5.97 Å². The average Bonchev–Trinajstić information content (AvgIpc) is 2.60. The molecule has 24 heavy (non-hydrogen) atoms. The number of nitrogens with zero attached hydrogens (tertiary/aromatic N) is 1. The lowest BCUT2D eigenvalue weighted by Crippen LogP contribution is -2.36. The molecule has 0 spiro atoms. The lowest BCUT2D eigenvalue weighted by molar-refractivity contribution is 0.0599. The van der Waals surface area contributed by atoms with Crippen molar-refractivity contribution < 1.29 is 17.9 Å². The summed E-state index contributed by atoms with van der Waals surface area (Å²) in [7, 11) is -2.38. The van der Waals surface area contributed by atoms with Crippen LogP contribution in [0.4, 0.5) is 0 Å².